The Balaban J connectivity index is 2.05. The van der Waals surface area contributed by atoms with Crippen molar-refractivity contribution in [2.45, 2.75) is 18.8 Å². The molecule has 0 aliphatic heterocycles. The van der Waals surface area contributed by atoms with Gasteiger partial charge in [-0.2, -0.15) is 0 Å². The molecule has 0 spiro atoms. The largest absolute Gasteiger partial charge is 0.0622 e. The molecule has 3 rings (SSSR count). The zero-order valence-corrected chi connectivity index (χ0v) is 8.69. The van der Waals surface area contributed by atoms with Crippen molar-refractivity contribution in [1.82, 2.24) is 0 Å². The summed E-state index contributed by atoms with van der Waals surface area (Å²) in [6.07, 6.45) is 2.50. The molecule has 0 heterocycles. The summed E-state index contributed by atoms with van der Waals surface area (Å²) >= 11 is 0. The van der Waals surface area contributed by atoms with E-state index in [0.29, 0.717) is 5.92 Å². The Morgan fingerprint density at radius 1 is 0.800 bits per heavy atom. The van der Waals surface area contributed by atoms with E-state index < -0.39 is 0 Å². The summed E-state index contributed by atoms with van der Waals surface area (Å²) in [5.74, 6) is 0.627. The molecule has 0 nitrogen and oxygen atoms in total. The van der Waals surface area contributed by atoms with E-state index in [0.717, 1.165) is 0 Å². The van der Waals surface area contributed by atoms with E-state index in [9.17, 15) is 0 Å². The monoisotopic (exact) mass is 194 g/mol. The van der Waals surface area contributed by atoms with Gasteiger partial charge in [0.15, 0.2) is 0 Å². The van der Waals surface area contributed by atoms with Crippen LogP contribution < -0.4 is 0 Å². The Bertz CT molecular complexity index is 456. The van der Waals surface area contributed by atoms with Crippen molar-refractivity contribution < 1.29 is 0 Å². The van der Waals surface area contributed by atoms with E-state index in [1.165, 1.54) is 29.5 Å². The standard InChI is InChI=1S/C15H14/c1-2-6-12(7-3-1)15-11-10-13-8-4-5-9-14(13)15/h1-9,15H,10-11H2/t15-/m1/s1. The third-order valence-corrected chi connectivity index (χ3v) is 3.33. The van der Waals surface area contributed by atoms with Crippen LogP contribution >= 0.6 is 0 Å². The smallest absolute Gasteiger partial charge is 0.00952 e. The average Bonchev–Trinajstić information content (AvgIpc) is 2.74. The maximum atomic E-state index is 2.28. The molecule has 0 saturated heterocycles. The number of hydrogen-bond donors (Lipinski definition) is 0. The van der Waals surface area contributed by atoms with Crippen LogP contribution in [0.5, 0.6) is 0 Å². The van der Waals surface area contributed by atoms with E-state index in [4.69, 9.17) is 0 Å². The summed E-state index contributed by atoms with van der Waals surface area (Å²) in [6.45, 7) is 0. The molecule has 74 valence electrons. The summed E-state index contributed by atoms with van der Waals surface area (Å²) in [5, 5.41) is 0. The van der Waals surface area contributed by atoms with Gasteiger partial charge in [-0.05, 0) is 29.5 Å². The number of benzene rings is 2. The first-order valence-electron chi connectivity index (χ1n) is 5.58. The predicted molar refractivity (Wildman–Crippen MR) is 63.0 cm³/mol. The molecule has 0 heteroatoms. The van der Waals surface area contributed by atoms with E-state index in [1.807, 2.05) is 0 Å². The maximum Gasteiger partial charge on any atom is 0.00952 e. The van der Waals surface area contributed by atoms with Crippen molar-refractivity contribution >= 4 is 0 Å². The fourth-order valence-electron chi connectivity index (χ4n) is 2.59. The molecule has 1 aliphatic rings. The molecule has 2 aromatic rings. The summed E-state index contributed by atoms with van der Waals surface area (Å²) in [5.41, 5.74) is 4.53. The Hall–Kier alpha value is -1.56. The van der Waals surface area contributed by atoms with Crippen LogP contribution in [0, 0.1) is 0 Å². The summed E-state index contributed by atoms with van der Waals surface area (Å²) in [4.78, 5) is 0. The van der Waals surface area contributed by atoms with Gasteiger partial charge in [0.2, 0.25) is 0 Å². The molecule has 0 bridgehead atoms. The van der Waals surface area contributed by atoms with E-state index in [2.05, 4.69) is 54.6 Å². The van der Waals surface area contributed by atoms with Crippen LogP contribution in [0.25, 0.3) is 0 Å². The first kappa shape index (κ1) is 8.72. The van der Waals surface area contributed by atoms with Gasteiger partial charge in [-0.25, -0.2) is 0 Å². The van der Waals surface area contributed by atoms with Crippen LogP contribution in [0.4, 0.5) is 0 Å². The quantitative estimate of drug-likeness (QED) is 0.648. The van der Waals surface area contributed by atoms with E-state index in [-0.39, 0.29) is 0 Å². The molecule has 0 fully saturated rings. The predicted octanol–water partition coefficient (Wildman–Crippen LogP) is 3.76. The molecule has 0 saturated carbocycles. The average molecular weight is 194 g/mol. The van der Waals surface area contributed by atoms with Crippen LogP contribution in [0.1, 0.15) is 29.0 Å². The zero-order valence-electron chi connectivity index (χ0n) is 8.69. The van der Waals surface area contributed by atoms with Gasteiger partial charge in [-0.1, -0.05) is 54.6 Å². The third-order valence-electron chi connectivity index (χ3n) is 3.33. The molecule has 0 unspecified atom stereocenters. The van der Waals surface area contributed by atoms with E-state index in [1.54, 1.807) is 0 Å². The lowest BCUT2D eigenvalue weighted by atomic mass is 9.93. The fourth-order valence-corrected chi connectivity index (χ4v) is 2.59. The highest BCUT2D eigenvalue weighted by atomic mass is 14.3. The molecule has 0 N–H and O–H groups in total. The molecule has 2 aromatic carbocycles. The minimum atomic E-state index is 0.627. The molecule has 0 radical (unpaired) electrons. The normalized spacial score (nSPS) is 18.8. The topological polar surface area (TPSA) is 0 Å². The van der Waals surface area contributed by atoms with Gasteiger partial charge in [0, 0.05) is 5.92 Å². The maximum absolute atomic E-state index is 2.28. The van der Waals surface area contributed by atoms with Crippen LogP contribution in [0.2, 0.25) is 0 Å². The highest BCUT2D eigenvalue weighted by Gasteiger charge is 2.22. The highest BCUT2D eigenvalue weighted by Crippen LogP contribution is 2.37. The Kier molecular flexibility index (Phi) is 2.06. The molecule has 1 aliphatic carbocycles. The van der Waals surface area contributed by atoms with Gasteiger partial charge in [0.05, 0.1) is 0 Å². The number of hydrogen-bond acceptors (Lipinski definition) is 0. The molecule has 1 atom stereocenters. The molecule has 0 aromatic heterocycles. The fraction of sp³-hybridized carbons (Fsp3) is 0.200. The Labute approximate surface area is 90.6 Å². The summed E-state index contributed by atoms with van der Waals surface area (Å²) in [7, 11) is 0. The Morgan fingerprint density at radius 3 is 2.40 bits per heavy atom. The van der Waals surface area contributed by atoms with Crippen molar-refractivity contribution in [3.63, 3.8) is 0 Å². The van der Waals surface area contributed by atoms with Gasteiger partial charge < -0.3 is 0 Å². The van der Waals surface area contributed by atoms with Crippen molar-refractivity contribution in [3.05, 3.63) is 71.3 Å². The van der Waals surface area contributed by atoms with Crippen LogP contribution in [0.3, 0.4) is 0 Å². The van der Waals surface area contributed by atoms with Crippen molar-refractivity contribution in [3.8, 4) is 0 Å². The number of fused-ring (bicyclic) bond motifs is 1. The molecule has 0 amide bonds. The van der Waals surface area contributed by atoms with Crippen molar-refractivity contribution in [1.29, 1.82) is 0 Å². The van der Waals surface area contributed by atoms with Crippen molar-refractivity contribution in [2.24, 2.45) is 0 Å². The van der Waals surface area contributed by atoms with Crippen LogP contribution in [-0.2, 0) is 6.42 Å². The van der Waals surface area contributed by atoms with Gasteiger partial charge in [0.25, 0.3) is 0 Å². The highest BCUT2D eigenvalue weighted by molar-refractivity contribution is 5.41. The minimum absolute atomic E-state index is 0.627. The van der Waals surface area contributed by atoms with Crippen LogP contribution in [-0.4, -0.2) is 0 Å². The number of rotatable bonds is 1. The Morgan fingerprint density at radius 2 is 1.53 bits per heavy atom. The molecular formula is C15H14. The van der Waals surface area contributed by atoms with Gasteiger partial charge in [-0.15, -0.1) is 0 Å². The second-order valence-corrected chi connectivity index (χ2v) is 4.20. The third kappa shape index (κ3) is 1.46. The second kappa shape index (κ2) is 3.54. The lowest BCUT2D eigenvalue weighted by Crippen LogP contribution is -1.94. The SMILES string of the molecule is c1ccc([C@H]2CCc3ccccc32)cc1. The number of aryl methyl sites for hydroxylation is 1. The van der Waals surface area contributed by atoms with E-state index >= 15 is 0 Å². The zero-order chi connectivity index (χ0) is 10.1. The lowest BCUT2D eigenvalue weighted by molar-refractivity contribution is 0.788. The summed E-state index contributed by atoms with van der Waals surface area (Å²) in [6, 6.07) is 19.7. The second-order valence-electron chi connectivity index (χ2n) is 4.20. The summed E-state index contributed by atoms with van der Waals surface area (Å²) < 4.78 is 0. The van der Waals surface area contributed by atoms with Gasteiger partial charge in [-0.3, -0.25) is 0 Å². The minimum Gasteiger partial charge on any atom is -0.0622 e. The molecular weight excluding hydrogens is 180 g/mol. The van der Waals surface area contributed by atoms with Crippen molar-refractivity contribution in [2.75, 3.05) is 0 Å². The lowest BCUT2D eigenvalue weighted by Gasteiger charge is -2.11. The van der Waals surface area contributed by atoms with Gasteiger partial charge in [0.1, 0.15) is 0 Å². The van der Waals surface area contributed by atoms with Crippen LogP contribution in [0.15, 0.2) is 54.6 Å². The first-order chi connectivity index (χ1) is 7.45. The molecule has 15 heavy (non-hydrogen) atoms. The van der Waals surface area contributed by atoms with Gasteiger partial charge >= 0.3 is 0 Å². The first-order valence-corrected chi connectivity index (χ1v) is 5.58.